The molecule has 0 aliphatic rings. The Morgan fingerprint density at radius 1 is 1.13 bits per heavy atom. The Morgan fingerprint density at radius 2 is 1.74 bits per heavy atom. The molecule has 0 fully saturated rings. The van der Waals surface area contributed by atoms with Crippen LogP contribution in [0.25, 0.3) is 0 Å². The van der Waals surface area contributed by atoms with E-state index in [2.05, 4.69) is 4.72 Å². The Balaban J connectivity index is 2.46. The molecule has 0 saturated heterocycles. The fourth-order valence-corrected chi connectivity index (χ4v) is 3.02. The van der Waals surface area contributed by atoms with Crippen LogP contribution in [-0.2, 0) is 10.0 Å². The van der Waals surface area contributed by atoms with Crippen LogP contribution in [0.2, 0.25) is 0 Å². The quantitative estimate of drug-likeness (QED) is 0.874. The fraction of sp³-hybridized carbons (Fsp3) is 0.133. The molecule has 2 N–H and O–H groups in total. The van der Waals surface area contributed by atoms with E-state index < -0.39 is 21.8 Å². The number of anilines is 2. The van der Waals surface area contributed by atoms with Gasteiger partial charge in [-0.15, -0.1) is 0 Å². The summed E-state index contributed by atoms with van der Waals surface area (Å²) in [7, 11) is -0.565. The van der Waals surface area contributed by atoms with Crippen molar-refractivity contribution in [3.63, 3.8) is 0 Å². The maximum atomic E-state index is 12.9. The van der Waals surface area contributed by atoms with Gasteiger partial charge in [-0.25, -0.2) is 17.6 Å². The van der Waals surface area contributed by atoms with Crippen LogP contribution in [-0.4, -0.2) is 33.6 Å². The van der Waals surface area contributed by atoms with Crippen molar-refractivity contribution in [2.24, 2.45) is 0 Å². The number of carboxylic acids is 1. The maximum Gasteiger partial charge on any atom is 0.335 e. The Labute approximate surface area is 133 Å². The minimum absolute atomic E-state index is 0.0487. The number of nitrogens with zero attached hydrogens (tertiary/aromatic N) is 1. The van der Waals surface area contributed by atoms with E-state index in [0.717, 1.165) is 24.3 Å². The number of carboxylic acid groups (broad SMARTS) is 1. The number of halogens is 1. The summed E-state index contributed by atoms with van der Waals surface area (Å²) >= 11 is 0. The highest BCUT2D eigenvalue weighted by Crippen LogP contribution is 2.28. The first-order valence-electron chi connectivity index (χ1n) is 6.54. The number of carbonyl (C=O) groups is 1. The van der Waals surface area contributed by atoms with Crippen molar-refractivity contribution in [3.05, 3.63) is 53.8 Å². The second-order valence-corrected chi connectivity index (χ2v) is 6.67. The summed E-state index contributed by atoms with van der Waals surface area (Å²) in [6, 6.07) is 8.46. The van der Waals surface area contributed by atoms with E-state index in [0.29, 0.717) is 5.69 Å². The molecule has 2 aromatic carbocycles. The van der Waals surface area contributed by atoms with Crippen molar-refractivity contribution in [3.8, 4) is 0 Å². The summed E-state index contributed by atoms with van der Waals surface area (Å²) < 4.78 is 40.0. The third-order valence-electron chi connectivity index (χ3n) is 3.09. The lowest BCUT2D eigenvalue weighted by atomic mass is 10.1. The zero-order valence-corrected chi connectivity index (χ0v) is 13.3. The summed E-state index contributed by atoms with van der Waals surface area (Å²) in [4.78, 5) is 12.6. The molecular formula is C15H15FN2O4S. The topological polar surface area (TPSA) is 86.7 Å². The average Bonchev–Trinajstić information content (AvgIpc) is 2.46. The summed E-state index contributed by atoms with van der Waals surface area (Å²) in [6.07, 6.45) is 0. The van der Waals surface area contributed by atoms with Crippen LogP contribution >= 0.6 is 0 Å². The molecule has 2 rings (SSSR count). The van der Waals surface area contributed by atoms with Gasteiger partial charge in [-0.1, -0.05) is 0 Å². The van der Waals surface area contributed by atoms with Gasteiger partial charge in [0.05, 0.1) is 21.8 Å². The van der Waals surface area contributed by atoms with Crippen LogP contribution in [0, 0.1) is 5.82 Å². The molecule has 0 saturated carbocycles. The minimum Gasteiger partial charge on any atom is -0.478 e. The van der Waals surface area contributed by atoms with Crippen LogP contribution in [0.4, 0.5) is 15.8 Å². The van der Waals surface area contributed by atoms with Crippen molar-refractivity contribution in [2.75, 3.05) is 23.7 Å². The molecule has 0 aromatic heterocycles. The van der Waals surface area contributed by atoms with Gasteiger partial charge in [0.2, 0.25) is 0 Å². The summed E-state index contributed by atoms with van der Waals surface area (Å²) in [6.45, 7) is 0. The molecule has 0 amide bonds. The molecule has 0 unspecified atom stereocenters. The molecule has 2 aromatic rings. The molecule has 0 aliphatic carbocycles. The van der Waals surface area contributed by atoms with Crippen molar-refractivity contribution in [1.29, 1.82) is 0 Å². The first-order chi connectivity index (χ1) is 10.7. The highest BCUT2D eigenvalue weighted by atomic mass is 32.2. The van der Waals surface area contributed by atoms with E-state index >= 15 is 0 Å². The van der Waals surface area contributed by atoms with Gasteiger partial charge in [0, 0.05) is 14.1 Å². The molecule has 23 heavy (non-hydrogen) atoms. The third-order valence-corrected chi connectivity index (χ3v) is 4.47. The Hall–Kier alpha value is -2.61. The van der Waals surface area contributed by atoms with Crippen molar-refractivity contribution in [1.82, 2.24) is 0 Å². The molecular weight excluding hydrogens is 323 g/mol. The highest BCUT2D eigenvalue weighted by molar-refractivity contribution is 7.92. The lowest BCUT2D eigenvalue weighted by Gasteiger charge is -2.19. The standard InChI is InChI=1S/C15H15FN2O4S/c1-18(2)14-8-3-10(15(19)20)9-13(14)17-23(21,22)12-6-4-11(16)5-7-12/h3-9,17H,1-2H3,(H,19,20). The molecule has 8 heteroatoms. The maximum absolute atomic E-state index is 12.9. The van der Waals surface area contributed by atoms with Crippen LogP contribution in [0.1, 0.15) is 10.4 Å². The van der Waals surface area contributed by atoms with Crippen LogP contribution in [0.3, 0.4) is 0 Å². The summed E-state index contributed by atoms with van der Waals surface area (Å²) in [5.74, 6) is -1.72. The lowest BCUT2D eigenvalue weighted by molar-refractivity contribution is 0.0697. The zero-order chi connectivity index (χ0) is 17.2. The van der Waals surface area contributed by atoms with Crippen molar-refractivity contribution < 1.29 is 22.7 Å². The van der Waals surface area contributed by atoms with Crippen molar-refractivity contribution in [2.45, 2.75) is 4.90 Å². The number of rotatable bonds is 5. The number of hydrogen-bond donors (Lipinski definition) is 2. The predicted octanol–water partition coefficient (Wildman–Crippen LogP) is 2.39. The largest absolute Gasteiger partial charge is 0.478 e. The molecule has 0 atom stereocenters. The normalized spacial score (nSPS) is 11.1. The number of aromatic carboxylic acids is 1. The molecule has 0 heterocycles. The number of sulfonamides is 1. The molecule has 122 valence electrons. The summed E-state index contributed by atoms with van der Waals surface area (Å²) in [5.41, 5.74) is 0.576. The number of nitrogens with one attached hydrogen (secondary N) is 1. The molecule has 6 nitrogen and oxygen atoms in total. The Kier molecular flexibility index (Phi) is 4.55. The van der Waals surface area contributed by atoms with E-state index in [1.165, 1.54) is 18.2 Å². The van der Waals surface area contributed by atoms with E-state index in [-0.39, 0.29) is 16.1 Å². The number of benzene rings is 2. The van der Waals surface area contributed by atoms with Gasteiger partial charge in [0.25, 0.3) is 10.0 Å². The monoisotopic (exact) mass is 338 g/mol. The van der Waals surface area contributed by atoms with Crippen LogP contribution in [0.15, 0.2) is 47.4 Å². The molecule has 0 bridgehead atoms. The second kappa shape index (κ2) is 6.25. The first-order valence-corrected chi connectivity index (χ1v) is 8.02. The van der Waals surface area contributed by atoms with Gasteiger partial charge in [-0.05, 0) is 42.5 Å². The van der Waals surface area contributed by atoms with Gasteiger partial charge >= 0.3 is 5.97 Å². The van der Waals surface area contributed by atoms with Gasteiger partial charge in [0.1, 0.15) is 5.82 Å². The van der Waals surface area contributed by atoms with Gasteiger partial charge in [-0.3, -0.25) is 4.72 Å². The highest BCUT2D eigenvalue weighted by Gasteiger charge is 2.18. The lowest BCUT2D eigenvalue weighted by Crippen LogP contribution is -2.18. The van der Waals surface area contributed by atoms with E-state index in [1.807, 2.05) is 0 Å². The zero-order valence-electron chi connectivity index (χ0n) is 12.4. The Morgan fingerprint density at radius 3 is 2.26 bits per heavy atom. The minimum atomic E-state index is -3.96. The fourth-order valence-electron chi connectivity index (χ4n) is 1.96. The average molecular weight is 338 g/mol. The molecule has 0 aliphatic heterocycles. The van der Waals surface area contributed by atoms with Crippen LogP contribution in [0.5, 0.6) is 0 Å². The Bertz CT molecular complexity index is 833. The van der Waals surface area contributed by atoms with E-state index in [4.69, 9.17) is 5.11 Å². The van der Waals surface area contributed by atoms with E-state index in [9.17, 15) is 17.6 Å². The second-order valence-electron chi connectivity index (χ2n) is 4.99. The first kappa shape index (κ1) is 16.8. The van der Waals surface area contributed by atoms with E-state index in [1.54, 1.807) is 19.0 Å². The summed E-state index contributed by atoms with van der Waals surface area (Å²) in [5, 5.41) is 9.05. The SMILES string of the molecule is CN(C)c1ccc(C(=O)O)cc1NS(=O)(=O)c1ccc(F)cc1. The van der Waals surface area contributed by atoms with Crippen molar-refractivity contribution >= 4 is 27.4 Å². The van der Waals surface area contributed by atoms with Crippen LogP contribution < -0.4 is 9.62 Å². The predicted molar refractivity (Wildman–Crippen MR) is 84.9 cm³/mol. The van der Waals surface area contributed by atoms with Gasteiger partial charge in [-0.2, -0.15) is 0 Å². The van der Waals surface area contributed by atoms with Gasteiger partial charge < -0.3 is 10.0 Å². The molecule has 0 spiro atoms. The third kappa shape index (κ3) is 3.78. The number of hydrogen-bond acceptors (Lipinski definition) is 4. The van der Waals surface area contributed by atoms with Gasteiger partial charge in [0.15, 0.2) is 0 Å². The molecule has 0 radical (unpaired) electrons. The smallest absolute Gasteiger partial charge is 0.335 e.